The Bertz CT molecular complexity index is 362. The molecule has 1 aromatic carbocycles. The van der Waals surface area contributed by atoms with Crippen LogP contribution in [0.5, 0.6) is 11.5 Å². The van der Waals surface area contributed by atoms with Crippen molar-refractivity contribution in [2.75, 3.05) is 21.3 Å². The molecule has 4 nitrogen and oxygen atoms in total. The van der Waals surface area contributed by atoms with Gasteiger partial charge in [0.2, 0.25) is 0 Å². The standard InChI is InChI=1S/C11H16N2O2/c1-13-11(12)7-8-4-5-9(14-2)10(6-8)15-3/h4-6H,7H2,1-3H3,(H2,12,13). The number of hydrogen-bond acceptors (Lipinski definition) is 3. The number of rotatable bonds is 4. The SMILES string of the molecule is CN=C(N)Cc1ccc(OC)c(OC)c1. The summed E-state index contributed by atoms with van der Waals surface area (Å²) in [6, 6.07) is 5.70. The Morgan fingerprint density at radius 1 is 1.27 bits per heavy atom. The molecule has 0 aliphatic carbocycles. The third-order valence-electron chi connectivity index (χ3n) is 2.12. The van der Waals surface area contributed by atoms with Crippen LogP contribution >= 0.6 is 0 Å². The van der Waals surface area contributed by atoms with E-state index in [-0.39, 0.29) is 0 Å². The molecule has 0 amide bonds. The van der Waals surface area contributed by atoms with E-state index in [1.807, 2.05) is 18.2 Å². The summed E-state index contributed by atoms with van der Waals surface area (Å²) < 4.78 is 10.3. The van der Waals surface area contributed by atoms with Gasteiger partial charge < -0.3 is 15.2 Å². The summed E-state index contributed by atoms with van der Waals surface area (Å²) in [6.07, 6.45) is 0.622. The average molecular weight is 208 g/mol. The zero-order valence-corrected chi connectivity index (χ0v) is 9.28. The van der Waals surface area contributed by atoms with E-state index >= 15 is 0 Å². The first-order valence-electron chi connectivity index (χ1n) is 4.63. The molecule has 0 saturated carbocycles. The maximum absolute atomic E-state index is 5.65. The minimum absolute atomic E-state index is 0.599. The van der Waals surface area contributed by atoms with Crippen molar-refractivity contribution in [2.45, 2.75) is 6.42 Å². The van der Waals surface area contributed by atoms with Gasteiger partial charge in [0.25, 0.3) is 0 Å². The topological polar surface area (TPSA) is 56.8 Å². The average Bonchev–Trinajstić information content (AvgIpc) is 2.28. The molecule has 0 bridgehead atoms. The highest BCUT2D eigenvalue weighted by molar-refractivity contribution is 5.82. The van der Waals surface area contributed by atoms with Crippen molar-refractivity contribution in [3.05, 3.63) is 23.8 Å². The molecule has 0 radical (unpaired) electrons. The van der Waals surface area contributed by atoms with Crippen molar-refractivity contribution < 1.29 is 9.47 Å². The van der Waals surface area contributed by atoms with E-state index in [0.29, 0.717) is 23.8 Å². The molecule has 0 aliphatic heterocycles. The molecule has 1 rings (SSSR count). The van der Waals surface area contributed by atoms with Crippen molar-refractivity contribution in [1.82, 2.24) is 0 Å². The van der Waals surface area contributed by atoms with E-state index in [1.54, 1.807) is 21.3 Å². The van der Waals surface area contributed by atoms with E-state index in [4.69, 9.17) is 15.2 Å². The lowest BCUT2D eigenvalue weighted by molar-refractivity contribution is 0.354. The Kier molecular flexibility index (Phi) is 3.97. The highest BCUT2D eigenvalue weighted by Crippen LogP contribution is 2.27. The molecule has 0 unspecified atom stereocenters. The van der Waals surface area contributed by atoms with Gasteiger partial charge in [-0.3, -0.25) is 4.99 Å². The van der Waals surface area contributed by atoms with Crippen molar-refractivity contribution in [3.8, 4) is 11.5 Å². The van der Waals surface area contributed by atoms with E-state index in [0.717, 1.165) is 5.56 Å². The fourth-order valence-electron chi connectivity index (χ4n) is 1.28. The van der Waals surface area contributed by atoms with Gasteiger partial charge >= 0.3 is 0 Å². The largest absolute Gasteiger partial charge is 0.493 e. The minimum Gasteiger partial charge on any atom is -0.493 e. The second-order valence-electron chi connectivity index (χ2n) is 3.08. The lowest BCUT2D eigenvalue weighted by atomic mass is 10.1. The maximum atomic E-state index is 5.65. The van der Waals surface area contributed by atoms with Crippen LogP contribution in [-0.4, -0.2) is 27.1 Å². The van der Waals surface area contributed by atoms with Gasteiger partial charge in [-0.25, -0.2) is 0 Å². The molecular formula is C11H16N2O2. The Hall–Kier alpha value is -1.71. The second-order valence-corrected chi connectivity index (χ2v) is 3.08. The highest BCUT2D eigenvalue weighted by atomic mass is 16.5. The fourth-order valence-corrected chi connectivity index (χ4v) is 1.28. The number of methoxy groups -OCH3 is 2. The summed E-state index contributed by atoms with van der Waals surface area (Å²) in [5.41, 5.74) is 6.70. The first-order chi connectivity index (χ1) is 7.21. The molecule has 82 valence electrons. The molecule has 0 atom stereocenters. The van der Waals surface area contributed by atoms with Crippen LogP contribution in [0.1, 0.15) is 5.56 Å². The van der Waals surface area contributed by atoms with Gasteiger partial charge in [0.05, 0.1) is 20.1 Å². The number of benzene rings is 1. The summed E-state index contributed by atoms with van der Waals surface area (Å²) >= 11 is 0. The summed E-state index contributed by atoms with van der Waals surface area (Å²) in [5.74, 6) is 2.02. The Balaban J connectivity index is 2.93. The summed E-state index contributed by atoms with van der Waals surface area (Å²) in [6.45, 7) is 0. The number of amidine groups is 1. The molecule has 2 N–H and O–H groups in total. The van der Waals surface area contributed by atoms with Crippen LogP contribution in [0, 0.1) is 0 Å². The van der Waals surface area contributed by atoms with Crippen molar-refractivity contribution in [3.63, 3.8) is 0 Å². The van der Waals surface area contributed by atoms with Crippen LogP contribution in [0.4, 0.5) is 0 Å². The molecule has 0 heterocycles. The molecule has 0 saturated heterocycles. The van der Waals surface area contributed by atoms with Gasteiger partial charge in [0.1, 0.15) is 0 Å². The normalized spacial score (nSPS) is 11.3. The Morgan fingerprint density at radius 3 is 2.47 bits per heavy atom. The minimum atomic E-state index is 0.599. The van der Waals surface area contributed by atoms with Crippen LogP contribution in [0.3, 0.4) is 0 Å². The predicted molar refractivity (Wildman–Crippen MR) is 60.8 cm³/mol. The number of nitrogens with two attached hydrogens (primary N) is 1. The van der Waals surface area contributed by atoms with Gasteiger partial charge in [-0.1, -0.05) is 6.07 Å². The molecule has 4 heteroatoms. The molecule has 1 aromatic rings. The Morgan fingerprint density at radius 2 is 1.93 bits per heavy atom. The van der Waals surface area contributed by atoms with E-state index < -0.39 is 0 Å². The Labute approximate surface area is 89.7 Å². The maximum Gasteiger partial charge on any atom is 0.161 e. The van der Waals surface area contributed by atoms with Crippen LogP contribution in [-0.2, 0) is 6.42 Å². The molecular weight excluding hydrogens is 192 g/mol. The van der Waals surface area contributed by atoms with Crippen molar-refractivity contribution in [1.29, 1.82) is 0 Å². The summed E-state index contributed by atoms with van der Waals surface area (Å²) in [7, 11) is 4.90. The van der Waals surface area contributed by atoms with Crippen LogP contribution in [0.25, 0.3) is 0 Å². The van der Waals surface area contributed by atoms with Crippen molar-refractivity contribution >= 4 is 5.84 Å². The third-order valence-corrected chi connectivity index (χ3v) is 2.12. The van der Waals surface area contributed by atoms with Crippen LogP contribution in [0.15, 0.2) is 23.2 Å². The van der Waals surface area contributed by atoms with Gasteiger partial charge in [-0.2, -0.15) is 0 Å². The zero-order chi connectivity index (χ0) is 11.3. The fraction of sp³-hybridized carbons (Fsp3) is 0.364. The molecule has 0 aliphatic rings. The van der Waals surface area contributed by atoms with Gasteiger partial charge in [-0.15, -0.1) is 0 Å². The quantitative estimate of drug-likeness (QED) is 0.598. The number of ether oxygens (including phenoxy) is 2. The monoisotopic (exact) mass is 208 g/mol. The highest BCUT2D eigenvalue weighted by Gasteiger charge is 2.05. The molecule has 0 spiro atoms. The zero-order valence-electron chi connectivity index (χ0n) is 9.28. The smallest absolute Gasteiger partial charge is 0.161 e. The lowest BCUT2D eigenvalue weighted by Gasteiger charge is -2.09. The van der Waals surface area contributed by atoms with E-state index in [2.05, 4.69) is 4.99 Å². The molecule has 0 aromatic heterocycles. The van der Waals surface area contributed by atoms with Gasteiger partial charge in [0.15, 0.2) is 11.5 Å². The van der Waals surface area contributed by atoms with Crippen LogP contribution in [0.2, 0.25) is 0 Å². The number of hydrogen-bond donors (Lipinski definition) is 1. The lowest BCUT2D eigenvalue weighted by Crippen LogP contribution is -2.14. The summed E-state index contributed by atoms with van der Waals surface area (Å²) in [4.78, 5) is 3.90. The first-order valence-corrected chi connectivity index (χ1v) is 4.63. The van der Waals surface area contributed by atoms with E-state index in [9.17, 15) is 0 Å². The van der Waals surface area contributed by atoms with Crippen molar-refractivity contribution in [2.24, 2.45) is 10.7 Å². The molecule has 0 fully saturated rings. The summed E-state index contributed by atoms with van der Waals surface area (Å²) in [5, 5.41) is 0. The van der Waals surface area contributed by atoms with Gasteiger partial charge in [-0.05, 0) is 17.7 Å². The second kappa shape index (κ2) is 5.24. The number of nitrogens with zero attached hydrogens (tertiary/aromatic N) is 1. The van der Waals surface area contributed by atoms with Crippen LogP contribution < -0.4 is 15.2 Å². The number of aliphatic imine (C=N–C) groups is 1. The predicted octanol–water partition coefficient (Wildman–Crippen LogP) is 1.23. The van der Waals surface area contributed by atoms with E-state index in [1.165, 1.54) is 0 Å². The first kappa shape index (κ1) is 11.4. The third kappa shape index (κ3) is 2.87. The van der Waals surface area contributed by atoms with Gasteiger partial charge in [0, 0.05) is 13.5 Å². The molecule has 15 heavy (non-hydrogen) atoms.